The molecule has 1 aromatic carbocycles. The van der Waals surface area contributed by atoms with E-state index in [0.29, 0.717) is 38.8 Å². The van der Waals surface area contributed by atoms with E-state index in [4.69, 9.17) is 10.5 Å². The fourth-order valence-electron chi connectivity index (χ4n) is 5.69. The van der Waals surface area contributed by atoms with Crippen LogP contribution in [0.4, 0.5) is 18.0 Å². The summed E-state index contributed by atoms with van der Waals surface area (Å²) in [6, 6.07) is 7.38. The second kappa shape index (κ2) is 11.6. The summed E-state index contributed by atoms with van der Waals surface area (Å²) in [4.78, 5) is 34.6. The lowest BCUT2D eigenvalue weighted by atomic mass is 9.88. The van der Waals surface area contributed by atoms with Gasteiger partial charge in [-0.1, -0.05) is 24.3 Å². The summed E-state index contributed by atoms with van der Waals surface area (Å²) in [6.45, 7) is 6.59. The number of rotatable bonds is 8. The Balaban J connectivity index is 1.27. The molecule has 1 saturated heterocycles. The molecule has 1 saturated carbocycles. The van der Waals surface area contributed by atoms with Crippen LogP contribution in [0.3, 0.4) is 0 Å². The summed E-state index contributed by atoms with van der Waals surface area (Å²) in [5, 5.41) is 4.48. The Morgan fingerprint density at radius 2 is 1.77 bits per heavy atom. The molecule has 2 aromatic heterocycles. The van der Waals surface area contributed by atoms with Crippen molar-refractivity contribution in [2.75, 3.05) is 13.1 Å². The van der Waals surface area contributed by atoms with E-state index in [0.717, 1.165) is 22.9 Å². The molecular formula is C31H37F3N6O3. The van der Waals surface area contributed by atoms with Gasteiger partial charge in [0.1, 0.15) is 11.4 Å². The van der Waals surface area contributed by atoms with Crippen LogP contribution in [-0.2, 0) is 40.4 Å². The Morgan fingerprint density at radius 3 is 2.40 bits per heavy atom. The Hall–Kier alpha value is -3.96. The molecule has 2 fully saturated rings. The van der Waals surface area contributed by atoms with Crippen molar-refractivity contribution < 1.29 is 27.5 Å². The second-order valence-corrected chi connectivity index (χ2v) is 12.5. The molecule has 230 valence electrons. The van der Waals surface area contributed by atoms with Crippen LogP contribution in [0.1, 0.15) is 86.3 Å². The van der Waals surface area contributed by atoms with Crippen molar-refractivity contribution in [1.82, 2.24) is 24.6 Å². The fraction of sp³-hybridized carbons (Fsp3) is 0.516. The molecule has 0 spiro atoms. The van der Waals surface area contributed by atoms with Crippen molar-refractivity contribution in [2.24, 2.45) is 5.73 Å². The van der Waals surface area contributed by atoms with Crippen LogP contribution < -0.4 is 5.73 Å². The van der Waals surface area contributed by atoms with Gasteiger partial charge in [0.2, 0.25) is 5.91 Å². The van der Waals surface area contributed by atoms with Gasteiger partial charge in [0, 0.05) is 31.9 Å². The third kappa shape index (κ3) is 7.00. The number of ether oxygens (including phenoxy) is 1. The normalized spacial score (nSPS) is 17.1. The van der Waals surface area contributed by atoms with Gasteiger partial charge in [0.25, 0.3) is 0 Å². The SMILES string of the molecule is CC(C)(C)OC(=O)N1CCC(n2cc(Cc3ncc(C(F)(F)F)c(CCc4ccccc4C4(C(N)=O)CC4)n3)cn2)CC1. The summed E-state index contributed by atoms with van der Waals surface area (Å²) in [5.41, 5.74) is 5.80. The predicted molar refractivity (Wildman–Crippen MR) is 152 cm³/mol. The highest BCUT2D eigenvalue weighted by atomic mass is 19.4. The standard InChI is InChI=1S/C31H37F3N6O3/c1-29(2,3)43-28(42)39-14-10-22(11-15-39)40-19-20(17-37-40)16-26-36-18-24(31(32,33)34)25(38-26)9-8-21-6-4-5-7-23(21)30(12-13-30)27(35)41/h4-7,17-19,22H,8-16H2,1-3H3,(H2,35,41). The number of nitrogens with two attached hydrogens (primary N) is 1. The largest absolute Gasteiger partial charge is 0.444 e. The smallest absolute Gasteiger partial charge is 0.419 e. The van der Waals surface area contributed by atoms with E-state index >= 15 is 0 Å². The van der Waals surface area contributed by atoms with Crippen LogP contribution in [0, 0.1) is 0 Å². The van der Waals surface area contributed by atoms with Crippen LogP contribution >= 0.6 is 0 Å². The van der Waals surface area contributed by atoms with Crippen LogP contribution in [0.25, 0.3) is 0 Å². The zero-order valence-corrected chi connectivity index (χ0v) is 24.7. The number of carbonyl (C=O) groups is 2. The van der Waals surface area contributed by atoms with Crippen molar-refractivity contribution in [3.05, 3.63) is 76.6 Å². The molecule has 1 aliphatic heterocycles. The van der Waals surface area contributed by atoms with E-state index in [1.807, 2.05) is 55.9 Å². The van der Waals surface area contributed by atoms with Gasteiger partial charge in [-0.25, -0.2) is 14.8 Å². The molecular weight excluding hydrogens is 561 g/mol. The maximum Gasteiger partial charge on any atom is 0.419 e. The van der Waals surface area contributed by atoms with Crippen molar-refractivity contribution in [1.29, 1.82) is 0 Å². The van der Waals surface area contributed by atoms with Crippen molar-refractivity contribution in [3.63, 3.8) is 0 Å². The number of primary amides is 1. The molecule has 43 heavy (non-hydrogen) atoms. The van der Waals surface area contributed by atoms with Gasteiger partial charge in [-0.15, -0.1) is 0 Å². The molecule has 0 atom stereocenters. The summed E-state index contributed by atoms with van der Waals surface area (Å²) >= 11 is 0. The average molecular weight is 599 g/mol. The van der Waals surface area contributed by atoms with Crippen molar-refractivity contribution in [2.45, 2.75) is 89.0 Å². The molecule has 0 bridgehead atoms. The molecule has 2 N–H and O–H groups in total. The van der Waals surface area contributed by atoms with Gasteiger partial charge in [-0.05, 0) is 76.0 Å². The van der Waals surface area contributed by atoms with E-state index in [9.17, 15) is 22.8 Å². The number of amides is 2. The number of benzene rings is 1. The van der Waals surface area contributed by atoms with E-state index < -0.39 is 28.7 Å². The number of halogens is 3. The van der Waals surface area contributed by atoms with Gasteiger partial charge in [0.05, 0.1) is 28.9 Å². The first-order valence-electron chi connectivity index (χ1n) is 14.6. The highest BCUT2D eigenvalue weighted by Gasteiger charge is 2.50. The van der Waals surface area contributed by atoms with Gasteiger partial charge >= 0.3 is 12.3 Å². The van der Waals surface area contributed by atoms with E-state index in [-0.39, 0.29) is 42.9 Å². The third-order valence-corrected chi connectivity index (χ3v) is 8.12. The van der Waals surface area contributed by atoms with Crippen molar-refractivity contribution in [3.8, 4) is 0 Å². The highest BCUT2D eigenvalue weighted by Crippen LogP contribution is 2.49. The monoisotopic (exact) mass is 598 g/mol. The first-order chi connectivity index (χ1) is 20.2. The topological polar surface area (TPSA) is 116 Å². The number of aromatic nitrogens is 4. The molecule has 0 radical (unpaired) electrons. The zero-order valence-electron chi connectivity index (χ0n) is 24.7. The Labute approximate surface area is 248 Å². The van der Waals surface area contributed by atoms with Crippen LogP contribution in [-0.4, -0.2) is 55.3 Å². The summed E-state index contributed by atoms with van der Waals surface area (Å²) in [7, 11) is 0. The molecule has 0 unspecified atom stereocenters. The lowest BCUT2D eigenvalue weighted by Crippen LogP contribution is -2.42. The minimum absolute atomic E-state index is 0.0334. The Morgan fingerprint density at radius 1 is 1.07 bits per heavy atom. The van der Waals surface area contributed by atoms with Gasteiger partial charge in [-0.3, -0.25) is 9.48 Å². The first kappa shape index (κ1) is 30.5. The number of likely N-dealkylation sites (tertiary alicyclic amines) is 1. The minimum Gasteiger partial charge on any atom is -0.444 e. The maximum absolute atomic E-state index is 13.9. The van der Waals surface area contributed by atoms with Crippen molar-refractivity contribution >= 4 is 12.0 Å². The number of piperidine rings is 1. The summed E-state index contributed by atoms with van der Waals surface area (Å²) in [6.07, 6.45) is 2.70. The predicted octanol–water partition coefficient (Wildman–Crippen LogP) is 5.16. The number of hydrogen-bond donors (Lipinski definition) is 1. The summed E-state index contributed by atoms with van der Waals surface area (Å²) < 4.78 is 49.0. The number of aryl methyl sites for hydroxylation is 2. The fourth-order valence-corrected chi connectivity index (χ4v) is 5.69. The lowest BCUT2D eigenvalue weighted by Gasteiger charge is -2.33. The molecule has 3 aromatic rings. The Bertz CT molecular complexity index is 1480. The van der Waals surface area contributed by atoms with Crippen LogP contribution in [0.2, 0.25) is 0 Å². The molecule has 2 aliphatic rings. The number of hydrogen-bond acceptors (Lipinski definition) is 6. The minimum atomic E-state index is -4.60. The molecule has 12 heteroatoms. The number of nitrogens with zero attached hydrogens (tertiary/aromatic N) is 5. The molecule has 1 aliphatic carbocycles. The average Bonchev–Trinajstić information content (AvgIpc) is 3.63. The maximum atomic E-state index is 13.9. The Kier molecular flexibility index (Phi) is 8.24. The second-order valence-electron chi connectivity index (χ2n) is 12.5. The van der Waals surface area contributed by atoms with E-state index in [2.05, 4.69) is 15.1 Å². The molecule has 5 rings (SSSR count). The van der Waals surface area contributed by atoms with Crippen LogP contribution in [0.15, 0.2) is 42.9 Å². The van der Waals surface area contributed by atoms with E-state index in [1.54, 1.807) is 11.1 Å². The molecule has 3 heterocycles. The first-order valence-corrected chi connectivity index (χ1v) is 14.6. The van der Waals surface area contributed by atoms with Gasteiger partial charge < -0.3 is 15.4 Å². The quantitative estimate of drug-likeness (QED) is 0.383. The molecule has 2 amide bonds. The lowest BCUT2D eigenvalue weighted by molar-refractivity contribution is -0.138. The van der Waals surface area contributed by atoms with E-state index in [1.165, 1.54) is 0 Å². The zero-order chi connectivity index (χ0) is 31.0. The third-order valence-electron chi connectivity index (χ3n) is 8.12. The molecule has 9 nitrogen and oxygen atoms in total. The number of alkyl halides is 3. The van der Waals surface area contributed by atoms with Crippen LogP contribution in [0.5, 0.6) is 0 Å². The van der Waals surface area contributed by atoms with Gasteiger partial charge in [0.15, 0.2) is 0 Å². The number of carbonyl (C=O) groups excluding carboxylic acids is 2. The summed E-state index contributed by atoms with van der Waals surface area (Å²) in [5.74, 6) is -0.138. The highest BCUT2D eigenvalue weighted by molar-refractivity contribution is 5.90. The van der Waals surface area contributed by atoms with Gasteiger partial charge in [-0.2, -0.15) is 18.3 Å².